The Morgan fingerprint density at radius 1 is 0.296 bits per heavy atom. The van der Waals surface area contributed by atoms with Crippen LogP contribution < -0.4 is 0 Å². The fourth-order valence-electron chi connectivity index (χ4n) is 9.97. The normalized spacial score (nSPS) is 14.6. The van der Waals surface area contributed by atoms with E-state index in [4.69, 9.17) is 37.0 Å². The second kappa shape index (κ2) is 71.1. The van der Waals surface area contributed by atoms with Crippen molar-refractivity contribution in [1.29, 1.82) is 0 Å². The summed E-state index contributed by atoms with van der Waals surface area (Å²) in [4.78, 5) is 72.8. The van der Waals surface area contributed by atoms with Gasteiger partial charge in [0.2, 0.25) is 0 Å². The number of carbonyl (C=O) groups is 4. The minimum atomic E-state index is -4.99. The first-order valence-electron chi connectivity index (χ1n) is 38.1. The first-order chi connectivity index (χ1) is 47.7. The summed E-state index contributed by atoms with van der Waals surface area (Å²) in [6.45, 7) is 4.52. The molecule has 0 aromatic carbocycles. The summed E-state index contributed by atoms with van der Waals surface area (Å²) in [5.41, 5.74) is 0. The fraction of sp³-hybridized carbons (Fsp3) is 0.722. The second-order valence-electron chi connectivity index (χ2n) is 25.2. The molecule has 0 heterocycles. The number of rotatable bonds is 71. The zero-order valence-corrected chi connectivity index (χ0v) is 63.2. The van der Waals surface area contributed by atoms with Gasteiger partial charge in [-0.25, -0.2) is 9.13 Å². The summed E-state index contributed by atoms with van der Waals surface area (Å²) in [5, 5.41) is 10.6. The predicted octanol–water partition coefficient (Wildman–Crippen LogP) is 21.8. The van der Waals surface area contributed by atoms with Crippen molar-refractivity contribution in [3.63, 3.8) is 0 Å². The number of carbonyl (C=O) groups excluding carboxylic acids is 4. The van der Waals surface area contributed by atoms with Gasteiger partial charge in [-0.05, 0) is 122 Å². The molecule has 5 unspecified atom stereocenters. The van der Waals surface area contributed by atoms with Crippen LogP contribution >= 0.6 is 15.6 Å². The van der Waals surface area contributed by atoms with Crippen molar-refractivity contribution in [3.05, 3.63) is 109 Å². The lowest BCUT2D eigenvalue weighted by atomic mass is 10.0. The van der Waals surface area contributed by atoms with Gasteiger partial charge in [0.05, 0.1) is 26.4 Å². The van der Waals surface area contributed by atoms with Crippen LogP contribution in [0, 0.1) is 0 Å². The van der Waals surface area contributed by atoms with Gasteiger partial charge < -0.3 is 33.8 Å². The summed E-state index contributed by atoms with van der Waals surface area (Å²) in [6, 6.07) is 0. The Morgan fingerprint density at radius 2 is 0.551 bits per heavy atom. The first-order valence-corrected chi connectivity index (χ1v) is 41.1. The van der Waals surface area contributed by atoms with E-state index in [9.17, 15) is 43.2 Å². The third kappa shape index (κ3) is 70.2. The van der Waals surface area contributed by atoms with Crippen LogP contribution in [0.15, 0.2) is 109 Å². The monoisotopic (exact) mass is 1420 g/mol. The van der Waals surface area contributed by atoms with Gasteiger partial charge >= 0.3 is 39.5 Å². The highest BCUT2D eigenvalue weighted by Gasteiger charge is 2.30. The zero-order valence-electron chi connectivity index (χ0n) is 61.4. The maximum Gasteiger partial charge on any atom is 0.472 e. The summed E-state index contributed by atoms with van der Waals surface area (Å²) in [7, 11) is -9.96. The quantitative estimate of drug-likeness (QED) is 0.0169. The molecule has 17 nitrogen and oxygen atoms in total. The Hall–Kier alpha value is -4.28. The van der Waals surface area contributed by atoms with Crippen LogP contribution in [-0.2, 0) is 65.4 Å². The molecule has 0 aromatic rings. The molecule has 3 N–H and O–H groups in total. The van der Waals surface area contributed by atoms with E-state index in [-0.39, 0.29) is 25.7 Å². The van der Waals surface area contributed by atoms with Crippen molar-refractivity contribution < 1.29 is 80.2 Å². The lowest BCUT2D eigenvalue weighted by Gasteiger charge is -2.21. The van der Waals surface area contributed by atoms with Crippen molar-refractivity contribution in [3.8, 4) is 0 Å². The molecular weight excluding hydrogens is 1280 g/mol. The summed E-state index contributed by atoms with van der Waals surface area (Å²) in [6.07, 6.45) is 75.1. The molecule has 0 aliphatic carbocycles. The molecule has 0 bridgehead atoms. The van der Waals surface area contributed by atoms with Gasteiger partial charge in [-0.3, -0.25) is 37.3 Å². The van der Waals surface area contributed by atoms with E-state index < -0.39 is 97.5 Å². The van der Waals surface area contributed by atoms with E-state index in [0.29, 0.717) is 32.1 Å². The number of hydrogen-bond donors (Lipinski definition) is 3. The van der Waals surface area contributed by atoms with E-state index in [2.05, 4.69) is 137 Å². The van der Waals surface area contributed by atoms with Crippen molar-refractivity contribution in [2.24, 2.45) is 0 Å². The largest absolute Gasteiger partial charge is 0.472 e. The highest BCUT2D eigenvalue weighted by atomic mass is 31.2. The summed E-state index contributed by atoms with van der Waals surface area (Å²) in [5.74, 6) is -2.24. The number of hydrogen-bond acceptors (Lipinski definition) is 15. The number of aliphatic hydroxyl groups excluding tert-OH is 1. The number of aliphatic hydroxyl groups is 1. The maximum atomic E-state index is 13.1. The van der Waals surface area contributed by atoms with Crippen LogP contribution in [0.2, 0.25) is 0 Å². The van der Waals surface area contributed by atoms with Gasteiger partial charge in [0.15, 0.2) is 12.2 Å². The van der Waals surface area contributed by atoms with Crippen LogP contribution in [0.4, 0.5) is 0 Å². The SMILES string of the molecule is CC/C=C\C/C=C\C/C=C\C/C=C\CCCCC(=O)OC(COC(=O)CCCCCCCCC/C=C\C/C=C\C/C=C\CC)COP(=O)(O)OCC(O)COP(=O)(O)OCC(COC(=O)CCCCCCC/C=C\C/C=C\CCC)OC(=O)CCCCCCCCCCCCCCC. The smallest absolute Gasteiger partial charge is 0.462 e. The Bertz CT molecular complexity index is 2290. The zero-order chi connectivity index (χ0) is 71.8. The highest BCUT2D eigenvalue weighted by molar-refractivity contribution is 7.47. The minimum absolute atomic E-state index is 0.0392. The Labute approximate surface area is 594 Å². The van der Waals surface area contributed by atoms with Crippen molar-refractivity contribution >= 4 is 39.5 Å². The van der Waals surface area contributed by atoms with Crippen LogP contribution in [0.1, 0.15) is 310 Å². The van der Waals surface area contributed by atoms with E-state index in [1.54, 1.807) is 0 Å². The highest BCUT2D eigenvalue weighted by Crippen LogP contribution is 2.45. The lowest BCUT2D eigenvalue weighted by molar-refractivity contribution is -0.161. The van der Waals surface area contributed by atoms with Crippen molar-refractivity contribution in [2.75, 3.05) is 39.6 Å². The third-order valence-electron chi connectivity index (χ3n) is 15.7. The van der Waals surface area contributed by atoms with Gasteiger partial charge in [0, 0.05) is 25.7 Å². The van der Waals surface area contributed by atoms with E-state index in [1.165, 1.54) is 51.4 Å². The Kier molecular flexibility index (Phi) is 68.0. The summed E-state index contributed by atoms with van der Waals surface area (Å²) >= 11 is 0. The molecule has 0 radical (unpaired) electrons. The maximum absolute atomic E-state index is 13.1. The van der Waals surface area contributed by atoms with Crippen LogP contribution in [-0.4, -0.2) is 96.7 Å². The van der Waals surface area contributed by atoms with E-state index >= 15 is 0 Å². The molecule has 0 amide bonds. The lowest BCUT2D eigenvalue weighted by Crippen LogP contribution is -2.30. The number of phosphoric acid groups is 2. The van der Waals surface area contributed by atoms with Crippen LogP contribution in [0.25, 0.3) is 0 Å². The first kappa shape index (κ1) is 93.7. The number of phosphoric ester groups is 2. The number of allylic oxidation sites excluding steroid dienone is 18. The molecule has 0 saturated carbocycles. The molecule has 564 valence electrons. The molecule has 0 rings (SSSR count). The van der Waals surface area contributed by atoms with Gasteiger partial charge in [0.1, 0.15) is 19.3 Å². The predicted molar refractivity (Wildman–Crippen MR) is 399 cm³/mol. The Morgan fingerprint density at radius 3 is 0.878 bits per heavy atom. The van der Waals surface area contributed by atoms with E-state index in [1.807, 2.05) is 0 Å². The summed E-state index contributed by atoms with van der Waals surface area (Å²) < 4.78 is 68.4. The van der Waals surface area contributed by atoms with E-state index in [0.717, 1.165) is 173 Å². The molecular formula is C79H136O17P2. The van der Waals surface area contributed by atoms with Crippen molar-refractivity contribution in [2.45, 2.75) is 329 Å². The molecule has 19 heteroatoms. The third-order valence-corrected chi connectivity index (χ3v) is 17.6. The fourth-order valence-corrected chi connectivity index (χ4v) is 11.5. The van der Waals surface area contributed by atoms with Gasteiger partial charge in [-0.15, -0.1) is 0 Å². The number of unbranched alkanes of at least 4 members (excludes halogenated alkanes) is 27. The molecule has 5 atom stereocenters. The van der Waals surface area contributed by atoms with Crippen molar-refractivity contribution in [1.82, 2.24) is 0 Å². The molecule has 0 aliphatic rings. The second-order valence-corrected chi connectivity index (χ2v) is 28.1. The molecule has 0 aliphatic heterocycles. The number of ether oxygens (including phenoxy) is 4. The molecule has 98 heavy (non-hydrogen) atoms. The van der Waals surface area contributed by atoms with Gasteiger partial charge in [0.25, 0.3) is 0 Å². The van der Waals surface area contributed by atoms with Crippen LogP contribution in [0.5, 0.6) is 0 Å². The standard InChI is InChI=1S/C79H136O17P2/c1-5-9-13-17-21-25-29-33-35-36-38-41-44-48-52-56-60-64-77(82)90-70-75(96-79(84)66-62-58-54-50-46-42-37-34-30-26-22-18-14-10-6-2)72-94-98(87,88)92-68-73(80)67-91-97(85,86)93-71-74(95-78(83)65-61-57-53-49-45-40-32-28-24-20-16-12-8-4)69-89-76(81)63-59-55-51-47-43-39-31-27-23-19-15-11-7-3/h9-10,13-15,19,21-22,25-27,31,33-35,37,46,50,73-75,80H,5-8,11-12,16-18,20,23-24,28-30,32,36,38-45,47-49,51-72H2,1-4H3,(H,85,86)(H,87,88)/b13-9-,14-10-,19-15-,25-21-,26-22-,31-27-,35-33-,37-34-,50-46-. The van der Waals surface area contributed by atoms with Gasteiger partial charge in [-0.1, -0.05) is 272 Å². The number of esters is 4. The Balaban J connectivity index is 5.38. The molecule has 0 aromatic heterocycles. The van der Waals surface area contributed by atoms with Crippen LogP contribution in [0.3, 0.4) is 0 Å². The average Bonchev–Trinajstić information content (AvgIpc) is 1.02. The molecule has 0 spiro atoms. The topological polar surface area (TPSA) is 237 Å². The van der Waals surface area contributed by atoms with Gasteiger partial charge in [-0.2, -0.15) is 0 Å². The molecule has 0 saturated heterocycles. The molecule has 0 fully saturated rings. The average molecular weight is 1420 g/mol. The minimum Gasteiger partial charge on any atom is -0.462 e.